The quantitative estimate of drug-likeness (QED) is 0.453. The zero-order valence-electron chi connectivity index (χ0n) is 12.5. The first-order valence-corrected chi connectivity index (χ1v) is 8.83. The second kappa shape index (κ2) is 6.19. The van der Waals surface area contributed by atoms with Gasteiger partial charge < -0.3 is 9.52 Å². The Morgan fingerprint density at radius 1 is 1.04 bits per heavy atom. The van der Waals surface area contributed by atoms with Gasteiger partial charge in [-0.05, 0) is 30.3 Å². The molecule has 0 aliphatic carbocycles. The molecule has 4 rings (SSSR count). The number of benzene rings is 2. The second-order valence-corrected chi connectivity index (χ2v) is 7.01. The number of thiazole rings is 1. The van der Waals surface area contributed by atoms with E-state index in [1.165, 1.54) is 23.5 Å². The normalized spacial score (nSPS) is 11.1. The lowest BCUT2D eigenvalue weighted by Crippen LogP contribution is -2.02. The van der Waals surface area contributed by atoms with E-state index >= 15 is 0 Å². The maximum atomic E-state index is 12.3. The highest BCUT2D eigenvalue weighted by Gasteiger charge is 2.13. The molecule has 4 aromatic rings. The Labute approximate surface area is 155 Å². The third-order valence-electron chi connectivity index (χ3n) is 3.67. The molecule has 2 heterocycles. The number of hydrogen-bond acceptors (Lipinski definition) is 5. The van der Waals surface area contributed by atoms with Gasteiger partial charge in [-0.1, -0.05) is 29.3 Å². The van der Waals surface area contributed by atoms with E-state index < -0.39 is 5.63 Å². The Kier molecular flexibility index (Phi) is 4.00. The zero-order valence-corrected chi connectivity index (χ0v) is 14.8. The molecule has 0 saturated heterocycles. The Bertz CT molecular complexity index is 1170. The summed E-state index contributed by atoms with van der Waals surface area (Å²) in [7, 11) is 0. The van der Waals surface area contributed by atoms with Crippen molar-refractivity contribution in [2.45, 2.75) is 0 Å². The van der Waals surface area contributed by atoms with Crippen LogP contribution in [0.1, 0.15) is 0 Å². The van der Waals surface area contributed by atoms with Gasteiger partial charge in [0, 0.05) is 22.4 Å². The summed E-state index contributed by atoms with van der Waals surface area (Å²) in [6.45, 7) is 0. The molecular formula is C18H9Cl2NO3S. The smallest absolute Gasteiger partial charge is 0.345 e. The van der Waals surface area contributed by atoms with Gasteiger partial charge in [0.15, 0.2) is 0 Å². The first-order valence-electron chi connectivity index (χ1n) is 7.19. The Balaban J connectivity index is 1.80. The summed E-state index contributed by atoms with van der Waals surface area (Å²) in [6, 6.07) is 11.6. The topological polar surface area (TPSA) is 63.3 Å². The van der Waals surface area contributed by atoms with Crippen molar-refractivity contribution in [3.8, 4) is 27.6 Å². The minimum Gasteiger partial charge on any atom is -0.508 e. The summed E-state index contributed by atoms with van der Waals surface area (Å²) < 4.78 is 5.29. The van der Waals surface area contributed by atoms with Crippen LogP contribution in [0.5, 0.6) is 5.75 Å². The van der Waals surface area contributed by atoms with Crippen molar-refractivity contribution >= 4 is 45.5 Å². The van der Waals surface area contributed by atoms with Crippen molar-refractivity contribution in [2.75, 3.05) is 0 Å². The Morgan fingerprint density at radius 3 is 2.68 bits per heavy atom. The predicted octanol–water partition coefficient (Wildman–Crippen LogP) is 5.60. The number of aromatic hydroxyl groups is 1. The lowest BCUT2D eigenvalue weighted by atomic mass is 10.1. The molecule has 0 fully saturated rings. The minimum atomic E-state index is -0.510. The van der Waals surface area contributed by atoms with E-state index in [0.29, 0.717) is 32.3 Å². The number of aromatic nitrogens is 1. The van der Waals surface area contributed by atoms with Gasteiger partial charge in [-0.15, -0.1) is 11.3 Å². The van der Waals surface area contributed by atoms with Crippen molar-refractivity contribution < 1.29 is 9.52 Å². The standard InChI is InChI=1S/C18H9Cl2NO3S/c19-13-4-2-10(6-14(13)20)17-21-15(8-25-17)12-5-9-1-3-11(22)7-16(9)24-18(12)23/h1-8,22H. The van der Waals surface area contributed by atoms with Gasteiger partial charge in [-0.3, -0.25) is 0 Å². The second-order valence-electron chi connectivity index (χ2n) is 5.34. The number of nitrogens with zero attached hydrogens (tertiary/aromatic N) is 1. The molecule has 0 bridgehead atoms. The van der Waals surface area contributed by atoms with Gasteiger partial charge in [0.1, 0.15) is 16.3 Å². The van der Waals surface area contributed by atoms with Gasteiger partial charge >= 0.3 is 5.63 Å². The summed E-state index contributed by atoms with van der Waals surface area (Å²) in [4.78, 5) is 16.8. The fourth-order valence-electron chi connectivity index (χ4n) is 2.44. The SMILES string of the molecule is O=c1oc2cc(O)ccc2cc1-c1csc(-c2ccc(Cl)c(Cl)c2)n1. The van der Waals surface area contributed by atoms with Crippen LogP contribution in [0.2, 0.25) is 10.0 Å². The number of phenols is 1. The first-order chi connectivity index (χ1) is 12.0. The predicted molar refractivity (Wildman–Crippen MR) is 101 cm³/mol. The van der Waals surface area contributed by atoms with Crippen LogP contribution in [0.15, 0.2) is 57.1 Å². The average Bonchev–Trinajstić information content (AvgIpc) is 3.06. The molecule has 4 nitrogen and oxygen atoms in total. The van der Waals surface area contributed by atoms with Gasteiger partial charge in [0.2, 0.25) is 0 Å². The van der Waals surface area contributed by atoms with E-state index in [2.05, 4.69) is 4.98 Å². The third-order valence-corrected chi connectivity index (χ3v) is 5.30. The highest BCUT2D eigenvalue weighted by Crippen LogP contribution is 2.32. The largest absolute Gasteiger partial charge is 0.508 e. The van der Waals surface area contributed by atoms with E-state index in [4.69, 9.17) is 27.6 Å². The van der Waals surface area contributed by atoms with Gasteiger partial charge in [-0.2, -0.15) is 0 Å². The molecule has 0 unspecified atom stereocenters. The van der Waals surface area contributed by atoms with Crippen LogP contribution in [0, 0.1) is 0 Å². The lowest BCUT2D eigenvalue weighted by molar-refractivity contribution is 0.473. The number of fused-ring (bicyclic) bond motifs is 1. The van der Waals surface area contributed by atoms with Crippen LogP contribution in [0.4, 0.5) is 0 Å². The van der Waals surface area contributed by atoms with E-state index in [1.54, 1.807) is 29.6 Å². The van der Waals surface area contributed by atoms with Crippen LogP contribution < -0.4 is 5.63 Å². The van der Waals surface area contributed by atoms with Crippen molar-refractivity contribution in [2.24, 2.45) is 0 Å². The number of hydrogen-bond donors (Lipinski definition) is 1. The maximum absolute atomic E-state index is 12.3. The monoisotopic (exact) mass is 389 g/mol. The van der Waals surface area contributed by atoms with E-state index in [0.717, 1.165) is 10.6 Å². The fraction of sp³-hybridized carbons (Fsp3) is 0. The van der Waals surface area contributed by atoms with Crippen LogP contribution in [-0.4, -0.2) is 10.1 Å². The van der Waals surface area contributed by atoms with Crippen molar-refractivity contribution in [3.05, 3.63) is 68.3 Å². The Morgan fingerprint density at radius 2 is 1.88 bits per heavy atom. The fourth-order valence-corrected chi connectivity index (χ4v) is 3.55. The highest BCUT2D eigenvalue weighted by molar-refractivity contribution is 7.13. The molecule has 7 heteroatoms. The molecule has 1 N–H and O–H groups in total. The van der Waals surface area contributed by atoms with Gasteiger partial charge in [0.25, 0.3) is 0 Å². The van der Waals surface area contributed by atoms with Gasteiger partial charge in [0.05, 0.1) is 21.3 Å². The molecule has 0 saturated carbocycles. The summed E-state index contributed by atoms with van der Waals surface area (Å²) >= 11 is 13.4. The summed E-state index contributed by atoms with van der Waals surface area (Å²) in [5.74, 6) is 0.0407. The van der Waals surface area contributed by atoms with Crippen molar-refractivity contribution in [1.82, 2.24) is 4.98 Å². The molecule has 0 radical (unpaired) electrons. The molecule has 0 aliphatic rings. The van der Waals surface area contributed by atoms with Crippen LogP contribution in [0.25, 0.3) is 32.8 Å². The molecule has 2 aromatic heterocycles. The summed E-state index contributed by atoms with van der Waals surface area (Å²) in [5, 5.41) is 13.6. The molecule has 124 valence electrons. The number of phenolic OH excluding ortho intramolecular Hbond substituents is 1. The molecule has 0 amide bonds. The maximum Gasteiger partial charge on any atom is 0.345 e. The molecule has 0 atom stereocenters. The third kappa shape index (κ3) is 3.02. The van der Waals surface area contributed by atoms with E-state index in [-0.39, 0.29) is 5.75 Å². The van der Waals surface area contributed by atoms with Crippen LogP contribution in [0.3, 0.4) is 0 Å². The molecule has 2 aromatic carbocycles. The number of halogens is 2. The molecule has 0 spiro atoms. The van der Waals surface area contributed by atoms with Crippen LogP contribution >= 0.6 is 34.5 Å². The molecule has 0 aliphatic heterocycles. The van der Waals surface area contributed by atoms with Crippen molar-refractivity contribution in [3.63, 3.8) is 0 Å². The summed E-state index contributed by atoms with van der Waals surface area (Å²) in [5.41, 5.74) is 1.52. The van der Waals surface area contributed by atoms with E-state index in [1.807, 2.05) is 6.07 Å². The minimum absolute atomic E-state index is 0.0407. The van der Waals surface area contributed by atoms with E-state index in [9.17, 15) is 9.90 Å². The zero-order chi connectivity index (χ0) is 17.6. The summed E-state index contributed by atoms with van der Waals surface area (Å²) in [6.07, 6.45) is 0. The first kappa shape index (κ1) is 16.1. The molecular weight excluding hydrogens is 381 g/mol. The lowest BCUT2D eigenvalue weighted by Gasteiger charge is -2.01. The highest BCUT2D eigenvalue weighted by atomic mass is 35.5. The molecule has 25 heavy (non-hydrogen) atoms. The van der Waals surface area contributed by atoms with Crippen LogP contribution in [-0.2, 0) is 0 Å². The Hall–Kier alpha value is -2.34. The number of rotatable bonds is 2. The average molecular weight is 390 g/mol. The van der Waals surface area contributed by atoms with Gasteiger partial charge in [-0.25, -0.2) is 9.78 Å². The van der Waals surface area contributed by atoms with Crippen molar-refractivity contribution in [1.29, 1.82) is 0 Å².